The molecule has 2 aromatic rings. The molecule has 1 heterocycles. The van der Waals surface area contributed by atoms with E-state index in [4.69, 9.17) is 4.74 Å². The Balaban J connectivity index is 1.87. The van der Waals surface area contributed by atoms with Crippen LogP contribution >= 0.6 is 0 Å². The second kappa shape index (κ2) is 7.24. The summed E-state index contributed by atoms with van der Waals surface area (Å²) in [5.41, 5.74) is -0.133. The average Bonchev–Trinajstić information content (AvgIpc) is 2.70. The Morgan fingerprint density at radius 3 is 2.39 bits per heavy atom. The number of hydrogen-bond acceptors (Lipinski definition) is 7. The Kier molecular flexibility index (Phi) is 4.97. The molecule has 0 saturated heterocycles. The minimum atomic E-state index is -4.00. The predicted molar refractivity (Wildman–Crippen MR) is 94.6 cm³/mol. The lowest BCUT2D eigenvalue weighted by molar-refractivity contribution is -0.123. The van der Waals surface area contributed by atoms with Gasteiger partial charge in [0.05, 0.1) is 15.4 Å². The number of nitrogens with one attached hydrogen (secondary N) is 2. The van der Waals surface area contributed by atoms with Crippen LogP contribution in [-0.4, -0.2) is 45.8 Å². The summed E-state index contributed by atoms with van der Waals surface area (Å²) < 4.78 is 30.4. The lowest BCUT2D eigenvalue weighted by Crippen LogP contribution is -2.39. The van der Waals surface area contributed by atoms with Crippen LogP contribution in [-0.2, 0) is 19.4 Å². The number of carbonyl (C=O) groups excluding carboxylic acids is 4. The molecule has 0 spiro atoms. The monoisotopic (exact) mass is 402 g/mol. The molecular formula is C18H14N2O7S. The summed E-state index contributed by atoms with van der Waals surface area (Å²) in [4.78, 5) is 46.7. The quantitative estimate of drug-likeness (QED) is 0.615. The van der Waals surface area contributed by atoms with Crippen molar-refractivity contribution in [3.05, 3.63) is 59.2 Å². The summed E-state index contributed by atoms with van der Waals surface area (Å²) in [5.74, 6) is -2.30. The molecule has 0 saturated carbocycles. The lowest BCUT2D eigenvalue weighted by Gasteiger charge is -2.19. The Morgan fingerprint density at radius 1 is 1.00 bits per heavy atom. The molecule has 0 bridgehead atoms. The molecule has 0 atom stereocenters. The summed E-state index contributed by atoms with van der Waals surface area (Å²) in [6, 6.07) is 8.54. The molecule has 0 unspecified atom stereocenters. The van der Waals surface area contributed by atoms with Crippen molar-refractivity contribution in [1.82, 2.24) is 10.6 Å². The first-order chi connectivity index (χ1) is 13.3. The number of esters is 1. The van der Waals surface area contributed by atoms with E-state index in [-0.39, 0.29) is 26.5 Å². The number of rotatable bonds is 3. The molecular weight excluding hydrogens is 388 g/mol. The van der Waals surface area contributed by atoms with E-state index in [0.29, 0.717) is 0 Å². The predicted octanol–water partition coefficient (Wildman–Crippen LogP) is 0.676. The van der Waals surface area contributed by atoms with Gasteiger partial charge in [-0.2, -0.15) is 0 Å². The fourth-order valence-corrected chi connectivity index (χ4v) is 4.33. The van der Waals surface area contributed by atoms with E-state index in [0.717, 1.165) is 6.07 Å². The van der Waals surface area contributed by atoms with Crippen molar-refractivity contribution >= 4 is 33.5 Å². The first kappa shape index (κ1) is 19.2. The van der Waals surface area contributed by atoms with Gasteiger partial charge in [0.15, 0.2) is 12.4 Å². The molecule has 144 valence electrons. The van der Waals surface area contributed by atoms with Gasteiger partial charge in [-0.15, -0.1) is 0 Å². The molecule has 1 aliphatic rings. The van der Waals surface area contributed by atoms with E-state index in [1.54, 1.807) is 6.07 Å². The van der Waals surface area contributed by atoms with Gasteiger partial charge in [-0.1, -0.05) is 12.1 Å². The van der Waals surface area contributed by atoms with Gasteiger partial charge in [-0.3, -0.25) is 14.9 Å². The maximum absolute atomic E-state index is 12.8. The number of benzene rings is 2. The van der Waals surface area contributed by atoms with Crippen molar-refractivity contribution in [1.29, 1.82) is 0 Å². The van der Waals surface area contributed by atoms with Crippen LogP contribution in [0.2, 0.25) is 0 Å². The molecule has 28 heavy (non-hydrogen) atoms. The topological polar surface area (TPSA) is 136 Å². The molecule has 0 aromatic heterocycles. The van der Waals surface area contributed by atoms with Gasteiger partial charge in [-0.05, 0) is 30.3 Å². The molecule has 2 N–H and O–H groups in total. The Hall–Kier alpha value is -3.53. The maximum Gasteiger partial charge on any atom is 0.338 e. The normalized spacial score (nSPS) is 13.7. The van der Waals surface area contributed by atoms with Gasteiger partial charge >= 0.3 is 12.0 Å². The molecule has 0 radical (unpaired) electrons. The molecule has 2 aromatic carbocycles. The summed E-state index contributed by atoms with van der Waals surface area (Å²) in [6.07, 6.45) is 0. The highest BCUT2D eigenvalue weighted by molar-refractivity contribution is 7.91. The van der Waals surface area contributed by atoms with Crippen molar-refractivity contribution in [2.24, 2.45) is 0 Å². The SMILES string of the molecule is CNC(=O)NC(=O)COC(=O)c1ccc2c(c1)S(=O)(=O)c1ccccc1C2=O. The number of ether oxygens (including phenoxy) is 1. The Labute approximate surface area is 159 Å². The number of imide groups is 1. The first-order valence-electron chi connectivity index (χ1n) is 7.97. The van der Waals surface area contributed by atoms with E-state index in [1.165, 1.54) is 37.4 Å². The maximum atomic E-state index is 12.8. The van der Waals surface area contributed by atoms with Crippen molar-refractivity contribution in [2.45, 2.75) is 9.79 Å². The van der Waals surface area contributed by atoms with E-state index in [2.05, 4.69) is 5.32 Å². The number of urea groups is 1. The van der Waals surface area contributed by atoms with Gasteiger partial charge in [0.2, 0.25) is 9.84 Å². The fourth-order valence-electron chi connectivity index (χ4n) is 2.65. The van der Waals surface area contributed by atoms with Crippen molar-refractivity contribution < 1.29 is 32.3 Å². The van der Waals surface area contributed by atoms with Gasteiger partial charge < -0.3 is 10.1 Å². The van der Waals surface area contributed by atoms with E-state index < -0.39 is 40.1 Å². The number of amides is 3. The van der Waals surface area contributed by atoms with Crippen LogP contribution in [0.25, 0.3) is 0 Å². The molecule has 0 fully saturated rings. The first-order valence-corrected chi connectivity index (χ1v) is 9.45. The largest absolute Gasteiger partial charge is 0.452 e. The third kappa shape index (κ3) is 3.37. The van der Waals surface area contributed by atoms with Gasteiger partial charge in [-0.25, -0.2) is 18.0 Å². The summed E-state index contributed by atoms with van der Waals surface area (Å²) in [7, 11) is -2.69. The highest BCUT2D eigenvalue weighted by Crippen LogP contribution is 2.34. The molecule has 1 aliphatic heterocycles. The highest BCUT2D eigenvalue weighted by atomic mass is 32.2. The van der Waals surface area contributed by atoms with E-state index >= 15 is 0 Å². The standard InChI is InChI=1S/C18H14N2O7S/c1-19-18(24)20-15(21)9-27-17(23)10-6-7-12-14(8-10)28(25,26)13-5-3-2-4-11(13)16(12)22/h2-8H,9H2,1H3,(H2,19,20,21,24). The lowest BCUT2D eigenvalue weighted by atomic mass is 10.0. The highest BCUT2D eigenvalue weighted by Gasteiger charge is 2.35. The number of ketones is 1. The molecule has 10 heteroatoms. The zero-order valence-electron chi connectivity index (χ0n) is 14.5. The smallest absolute Gasteiger partial charge is 0.338 e. The second-order valence-electron chi connectivity index (χ2n) is 5.74. The molecule has 9 nitrogen and oxygen atoms in total. The fraction of sp³-hybridized carbons (Fsp3) is 0.111. The molecule has 0 aliphatic carbocycles. The number of hydrogen-bond donors (Lipinski definition) is 2. The van der Waals surface area contributed by atoms with Crippen LogP contribution in [0.3, 0.4) is 0 Å². The van der Waals surface area contributed by atoms with Gasteiger partial charge in [0.25, 0.3) is 5.91 Å². The second-order valence-corrected chi connectivity index (χ2v) is 7.63. The van der Waals surface area contributed by atoms with Crippen LogP contribution in [0.1, 0.15) is 26.3 Å². The zero-order chi connectivity index (χ0) is 20.5. The van der Waals surface area contributed by atoms with E-state index in [9.17, 15) is 27.6 Å². The van der Waals surface area contributed by atoms with Crippen molar-refractivity contribution in [2.75, 3.05) is 13.7 Å². The third-order valence-corrected chi connectivity index (χ3v) is 5.84. The van der Waals surface area contributed by atoms with Crippen LogP contribution in [0.15, 0.2) is 52.3 Å². The number of fused-ring (bicyclic) bond motifs is 2. The van der Waals surface area contributed by atoms with Crippen LogP contribution < -0.4 is 10.6 Å². The minimum absolute atomic E-state index is 0.0485. The Bertz CT molecular complexity index is 1120. The molecule has 3 rings (SSSR count). The number of sulfone groups is 1. The summed E-state index contributed by atoms with van der Waals surface area (Å²) >= 11 is 0. The van der Waals surface area contributed by atoms with E-state index in [1.807, 2.05) is 5.32 Å². The summed E-state index contributed by atoms with van der Waals surface area (Å²) in [5, 5.41) is 4.07. The zero-order valence-corrected chi connectivity index (χ0v) is 15.3. The van der Waals surface area contributed by atoms with Gasteiger partial charge in [0, 0.05) is 18.2 Å². The van der Waals surface area contributed by atoms with Crippen molar-refractivity contribution in [3.63, 3.8) is 0 Å². The third-order valence-electron chi connectivity index (χ3n) is 3.99. The Morgan fingerprint density at radius 2 is 1.68 bits per heavy atom. The van der Waals surface area contributed by atoms with Crippen molar-refractivity contribution in [3.8, 4) is 0 Å². The minimum Gasteiger partial charge on any atom is -0.452 e. The average molecular weight is 402 g/mol. The molecule has 3 amide bonds. The summed E-state index contributed by atoms with van der Waals surface area (Å²) in [6.45, 7) is -0.738. The van der Waals surface area contributed by atoms with Crippen LogP contribution in [0, 0.1) is 0 Å². The van der Waals surface area contributed by atoms with Gasteiger partial charge in [0.1, 0.15) is 0 Å². The van der Waals surface area contributed by atoms with Crippen LogP contribution in [0.4, 0.5) is 4.79 Å². The number of carbonyl (C=O) groups is 4. The van der Waals surface area contributed by atoms with Crippen LogP contribution in [0.5, 0.6) is 0 Å².